The SMILES string of the molecule is Fc1ccc(Cc2nc(CNC3CC3)no2)cc1F. The van der Waals surface area contributed by atoms with Crippen LogP contribution in [0.3, 0.4) is 0 Å². The Labute approximate surface area is 108 Å². The van der Waals surface area contributed by atoms with Gasteiger partial charge in [0.05, 0.1) is 13.0 Å². The van der Waals surface area contributed by atoms with Crippen LogP contribution in [0.4, 0.5) is 8.78 Å². The summed E-state index contributed by atoms with van der Waals surface area (Å²) in [4.78, 5) is 4.20. The van der Waals surface area contributed by atoms with Crippen molar-refractivity contribution in [2.45, 2.75) is 31.8 Å². The molecule has 1 fully saturated rings. The van der Waals surface area contributed by atoms with Crippen LogP contribution in [0.25, 0.3) is 0 Å². The summed E-state index contributed by atoms with van der Waals surface area (Å²) in [5, 5.41) is 7.11. The van der Waals surface area contributed by atoms with Gasteiger partial charge >= 0.3 is 0 Å². The van der Waals surface area contributed by atoms with Gasteiger partial charge in [-0.05, 0) is 30.5 Å². The Balaban J connectivity index is 1.63. The third kappa shape index (κ3) is 3.14. The molecular weight excluding hydrogens is 252 g/mol. The molecule has 1 N–H and O–H groups in total. The molecule has 2 aromatic rings. The minimum absolute atomic E-state index is 0.299. The lowest BCUT2D eigenvalue weighted by Crippen LogP contribution is -2.16. The maximum absolute atomic E-state index is 13.1. The summed E-state index contributed by atoms with van der Waals surface area (Å²) in [7, 11) is 0. The predicted molar refractivity (Wildman–Crippen MR) is 63.3 cm³/mol. The van der Waals surface area contributed by atoms with Crippen LogP contribution in [0.5, 0.6) is 0 Å². The molecule has 1 aromatic carbocycles. The van der Waals surface area contributed by atoms with Crippen molar-refractivity contribution in [1.82, 2.24) is 15.5 Å². The van der Waals surface area contributed by atoms with Crippen molar-refractivity contribution in [1.29, 1.82) is 0 Å². The summed E-state index contributed by atoms with van der Waals surface area (Å²) in [6.45, 7) is 0.575. The van der Waals surface area contributed by atoms with Gasteiger partial charge in [-0.15, -0.1) is 0 Å². The Kier molecular flexibility index (Phi) is 3.25. The van der Waals surface area contributed by atoms with E-state index in [1.165, 1.54) is 18.9 Å². The zero-order valence-corrected chi connectivity index (χ0v) is 10.2. The number of rotatable bonds is 5. The van der Waals surface area contributed by atoms with Crippen LogP contribution in [-0.2, 0) is 13.0 Å². The van der Waals surface area contributed by atoms with Crippen LogP contribution in [0.1, 0.15) is 30.1 Å². The molecule has 100 valence electrons. The molecule has 0 amide bonds. The second kappa shape index (κ2) is 5.05. The molecule has 0 bridgehead atoms. The highest BCUT2D eigenvalue weighted by atomic mass is 19.2. The maximum Gasteiger partial charge on any atom is 0.231 e. The number of halogens is 2. The first-order valence-electron chi connectivity index (χ1n) is 6.19. The Morgan fingerprint density at radius 3 is 2.84 bits per heavy atom. The summed E-state index contributed by atoms with van der Waals surface area (Å²) in [5.74, 6) is -0.737. The highest BCUT2D eigenvalue weighted by Gasteiger charge is 2.21. The van der Waals surface area contributed by atoms with E-state index < -0.39 is 11.6 Å². The van der Waals surface area contributed by atoms with Gasteiger partial charge in [0.1, 0.15) is 0 Å². The smallest absolute Gasteiger partial charge is 0.231 e. The number of nitrogens with zero attached hydrogens (tertiary/aromatic N) is 2. The minimum atomic E-state index is -0.868. The van der Waals surface area contributed by atoms with E-state index >= 15 is 0 Å². The van der Waals surface area contributed by atoms with Crippen LogP contribution in [0.15, 0.2) is 22.7 Å². The third-order valence-corrected chi connectivity index (χ3v) is 2.98. The molecule has 0 aliphatic heterocycles. The van der Waals surface area contributed by atoms with E-state index in [1.54, 1.807) is 0 Å². The monoisotopic (exact) mass is 265 g/mol. The van der Waals surface area contributed by atoms with Gasteiger partial charge in [0.15, 0.2) is 17.5 Å². The number of hydrogen-bond acceptors (Lipinski definition) is 4. The first kappa shape index (κ1) is 12.2. The molecule has 1 heterocycles. The van der Waals surface area contributed by atoms with Gasteiger partial charge in [-0.2, -0.15) is 4.98 Å². The Hall–Kier alpha value is -1.82. The molecule has 6 heteroatoms. The lowest BCUT2D eigenvalue weighted by atomic mass is 10.1. The first-order valence-corrected chi connectivity index (χ1v) is 6.19. The van der Waals surface area contributed by atoms with Crippen LogP contribution in [0, 0.1) is 11.6 Å². The highest BCUT2D eigenvalue weighted by molar-refractivity contribution is 5.20. The van der Waals surface area contributed by atoms with Gasteiger partial charge in [-0.3, -0.25) is 0 Å². The largest absolute Gasteiger partial charge is 0.339 e. The maximum atomic E-state index is 13.1. The van der Waals surface area contributed by atoms with Gasteiger partial charge in [0.2, 0.25) is 5.89 Å². The van der Waals surface area contributed by atoms with Crippen molar-refractivity contribution in [3.8, 4) is 0 Å². The average molecular weight is 265 g/mol. The zero-order valence-electron chi connectivity index (χ0n) is 10.2. The van der Waals surface area contributed by atoms with Crippen molar-refractivity contribution in [2.24, 2.45) is 0 Å². The summed E-state index contributed by atoms with van der Waals surface area (Å²) in [6.07, 6.45) is 2.69. The number of hydrogen-bond donors (Lipinski definition) is 1. The molecule has 1 saturated carbocycles. The number of aromatic nitrogens is 2. The van der Waals surface area contributed by atoms with Crippen molar-refractivity contribution >= 4 is 0 Å². The Morgan fingerprint density at radius 1 is 1.26 bits per heavy atom. The summed E-state index contributed by atoms with van der Waals surface area (Å²) < 4.78 is 30.9. The number of nitrogens with one attached hydrogen (secondary N) is 1. The highest BCUT2D eigenvalue weighted by Crippen LogP contribution is 2.19. The third-order valence-electron chi connectivity index (χ3n) is 2.98. The molecule has 0 radical (unpaired) electrons. The fraction of sp³-hybridized carbons (Fsp3) is 0.385. The minimum Gasteiger partial charge on any atom is -0.339 e. The van der Waals surface area contributed by atoms with Crippen LogP contribution >= 0.6 is 0 Å². The van der Waals surface area contributed by atoms with E-state index in [4.69, 9.17) is 4.52 Å². The standard InChI is InChI=1S/C13H13F2N3O/c14-10-4-1-8(5-11(10)15)6-13-17-12(18-19-13)7-16-9-2-3-9/h1,4-5,9,16H,2-3,6-7H2. The van der Waals surface area contributed by atoms with Crippen molar-refractivity contribution in [2.75, 3.05) is 0 Å². The summed E-state index contributed by atoms with van der Waals surface area (Å²) in [5.41, 5.74) is 0.601. The molecule has 0 unspecified atom stereocenters. The van der Waals surface area contributed by atoms with E-state index in [1.807, 2.05) is 0 Å². The van der Waals surface area contributed by atoms with Gasteiger partial charge in [-0.1, -0.05) is 11.2 Å². The Bertz CT molecular complexity index is 581. The topological polar surface area (TPSA) is 51.0 Å². The van der Waals surface area contributed by atoms with E-state index in [9.17, 15) is 8.78 Å². The molecular formula is C13H13F2N3O. The fourth-order valence-electron chi connectivity index (χ4n) is 1.78. The number of benzene rings is 1. The first-order chi connectivity index (χ1) is 9.20. The molecule has 1 aliphatic rings. The van der Waals surface area contributed by atoms with Crippen molar-refractivity contribution < 1.29 is 13.3 Å². The average Bonchev–Trinajstić information content (AvgIpc) is 3.12. The zero-order chi connectivity index (χ0) is 13.2. The van der Waals surface area contributed by atoms with Gasteiger partial charge in [0, 0.05) is 6.04 Å². The fourth-order valence-corrected chi connectivity index (χ4v) is 1.78. The van der Waals surface area contributed by atoms with Gasteiger partial charge in [-0.25, -0.2) is 8.78 Å². The molecule has 0 spiro atoms. The summed E-state index contributed by atoms with van der Waals surface area (Å²) in [6, 6.07) is 4.32. The predicted octanol–water partition coefficient (Wildman–Crippen LogP) is 2.19. The van der Waals surface area contributed by atoms with Gasteiger partial charge in [0.25, 0.3) is 0 Å². The van der Waals surface area contributed by atoms with E-state index in [-0.39, 0.29) is 0 Å². The van der Waals surface area contributed by atoms with Crippen molar-refractivity contribution in [3.05, 3.63) is 47.1 Å². The molecule has 3 rings (SSSR count). The van der Waals surface area contributed by atoms with E-state index in [0.717, 1.165) is 12.1 Å². The molecule has 0 saturated heterocycles. The summed E-state index contributed by atoms with van der Waals surface area (Å²) >= 11 is 0. The second-order valence-corrected chi connectivity index (χ2v) is 4.68. The van der Waals surface area contributed by atoms with Crippen LogP contribution < -0.4 is 5.32 Å². The molecule has 19 heavy (non-hydrogen) atoms. The van der Waals surface area contributed by atoms with E-state index in [0.29, 0.717) is 36.3 Å². The quantitative estimate of drug-likeness (QED) is 0.900. The van der Waals surface area contributed by atoms with Crippen LogP contribution in [-0.4, -0.2) is 16.2 Å². The lowest BCUT2D eigenvalue weighted by Gasteiger charge is -1.98. The second-order valence-electron chi connectivity index (χ2n) is 4.68. The lowest BCUT2D eigenvalue weighted by molar-refractivity contribution is 0.377. The van der Waals surface area contributed by atoms with Crippen LogP contribution in [0.2, 0.25) is 0 Å². The Morgan fingerprint density at radius 2 is 2.11 bits per heavy atom. The van der Waals surface area contributed by atoms with Crippen molar-refractivity contribution in [3.63, 3.8) is 0 Å². The molecule has 0 atom stereocenters. The molecule has 4 nitrogen and oxygen atoms in total. The normalized spacial score (nSPS) is 14.8. The van der Waals surface area contributed by atoms with Gasteiger partial charge < -0.3 is 9.84 Å². The molecule has 1 aromatic heterocycles. The van der Waals surface area contributed by atoms with E-state index in [2.05, 4.69) is 15.5 Å². The molecule has 1 aliphatic carbocycles.